The van der Waals surface area contributed by atoms with Crippen LogP contribution in [0.3, 0.4) is 0 Å². The Morgan fingerprint density at radius 3 is 2.67 bits per heavy atom. The Labute approximate surface area is 134 Å². The molecule has 2 aromatic rings. The Balaban J connectivity index is 2.26. The van der Waals surface area contributed by atoms with Crippen LogP contribution in [0.25, 0.3) is 0 Å². The second-order valence-electron chi connectivity index (χ2n) is 4.74. The van der Waals surface area contributed by atoms with Gasteiger partial charge in [0.15, 0.2) is 0 Å². The van der Waals surface area contributed by atoms with Crippen molar-refractivity contribution in [2.24, 2.45) is 5.73 Å². The predicted octanol–water partition coefficient (Wildman–Crippen LogP) is 3.21. The maximum Gasteiger partial charge on any atom is 0.242 e. The van der Waals surface area contributed by atoms with E-state index in [0.29, 0.717) is 16.5 Å². The van der Waals surface area contributed by atoms with Crippen LogP contribution in [-0.4, -0.2) is 8.42 Å². The summed E-state index contributed by atoms with van der Waals surface area (Å²) < 4.78 is 27.6. The van der Waals surface area contributed by atoms with E-state index >= 15 is 0 Å². The summed E-state index contributed by atoms with van der Waals surface area (Å²) >= 11 is 7.34. The van der Waals surface area contributed by atoms with Gasteiger partial charge in [0, 0.05) is 27.4 Å². The topological polar surface area (TPSA) is 72.2 Å². The van der Waals surface area contributed by atoms with Crippen molar-refractivity contribution in [3.8, 4) is 0 Å². The van der Waals surface area contributed by atoms with Gasteiger partial charge in [0.2, 0.25) is 10.0 Å². The number of rotatable bonds is 5. The summed E-state index contributed by atoms with van der Waals surface area (Å²) in [6.07, 6.45) is 0. The molecule has 4 nitrogen and oxygen atoms in total. The minimum absolute atomic E-state index is 0.293. The number of hydrogen-bond donors (Lipinski definition) is 2. The van der Waals surface area contributed by atoms with Gasteiger partial charge in [-0.05, 0) is 37.6 Å². The van der Waals surface area contributed by atoms with Gasteiger partial charge in [0.1, 0.15) is 0 Å². The summed E-state index contributed by atoms with van der Waals surface area (Å²) in [7, 11) is -3.58. The van der Waals surface area contributed by atoms with Gasteiger partial charge in [0.25, 0.3) is 0 Å². The van der Waals surface area contributed by atoms with Gasteiger partial charge < -0.3 is 5.73 Å². The Kier molecular flexibility index (Phi) is 5.06. The number of hydrogen-bond acceptors (Lipinski definition) is 4. The van der Waals surface area contributed by atoms with Crippen molar-refractivity contribution in [1.82, 2.24) is 4.72 Å². The van der Waals surface area contributed by atoms with Gasteiger partial charge in [-0.3, -0.25) is 0 Å². The highest BCUT2D eigenvalue weighted by Crippen LogP contribution is 2.27. The first kappa shape index (κ1) is 16.5. The highest BCUT2D eigenvalue weighted by atomic mass is 35.5. The molecule has 0 aliphatic rings. The molecular weight excluding hydrogens is 328 g/mol. The fraction of sp³-hybridized carbons (Fsp3) is 0.286. The van der Waals surface area contributed by atoms with Crippen molar-refractivity contribution in [3.05, 3.63) is 50.7 Å². The third-order valence-electron chi connectivity index (χ3n) is 3.09. The summed E-state index contributed by atoms with van der Waals surface area (Å²) in [5.41, 5.74) is 6.38. The number of nitrogens with one attached hydrogen (secondary N) is 1. The zero-order valence-corrected chi connectivity index (χ0v) is 14.1. The van der Waals surface area contributed by atoms with Crippen LogP contribution in [0, 0.1) is 6.92 Å². The maximum atomic E-state index is 12.5. The van der Waals surface area contributed by atoms with E-state index in [1.807, 2.05) is 6.07 Å². The Bertz CT molecular complexity index is 741. The van der Waals surface area contributed by atoms with E-state index in [-0.39, 0.29) is 6.04 Å². The molecule has 0 amide bonds. The number of thiophene rings is 1. The largest absolute Gasteiger partial charge is 0.326 e. The quantitative estimate of drug-likeness (QED) is 0.874. The van der Waals surface area contributed by atoms with Crippen LogP contribution in [0.4, 0.5) is 0 Å². The first-order chi connectivity index (χ1) is 9.83. The van der Waals surface area contributed by atoms with Crippen LogP contribution in [0.5, 0.6) is 0 Å². The van der Waals surface area contributed by atoms with Crippen LogP contribution in [-0.2, 0) is 16.6 Å². The van der Waals surface area contributed by atoms with E-state index < -0.39 is 10.0 Å². The molecule has 1 atom stereocenters. The van der Waals surface area contributed by atoms with Crippen LogP contribution >= 0.6 is 22.9 Å². The zero-order chi connectivity index (χ0) is 15.6. The van der Waals surface area contributed by atoms with E-state index in [1.165, 1.54) is 11.3 Å². The molecule has 0 spiro atoms. The number of nitrogens with two attached hydrogens (primary N) is 1. The van der Waals surface area contributed by atoms with Crippen LogP contribution < -0.4 is 10.5 Å². The smallest absolute Gasteiger partial charge is 0.242 e. The first-order valence-electron chi connectivity index (χ1n) is 6.40. The van der Waals surface area contributed by atoms with E-state index in [2.05, 4.69) is 4.72 Å². The molecule has 21 heavy (non-hydrogen) atoms. The number of sulfonamides is 1. The Morgan fingerprint density at radius 1 is 1.38 bits per heavy atom. The average Bonchev–Trinajstić information content (AvgIpc) is 2.80. The van der Waals surface area contributed by atoms with Crippen LogP contribution in [0.1, 0.15) is 28.3 Å². The molecular formula is C14H17ClN2O2S2. The average molecular weight is 345 g/mol. The minimum Gasteiger partial charge on any atom is -0.326 e. The molecule has 1 unspecified atom stereocenters. The zero-order valence-electron chi connectivity index (χ0n) is 11.8. The lowest BCUT2D eigenvalue weighted by atomic mass is 10.1. The van der Waals surface area contributed by atoms with Crippen LogP contribution in [0.2, 0.25) is 5.02 Å². The van der Waals surface area contributed by atoms with E-state index in [1.54, 1.807) is 38.1 Å². The number of halogens is 1. The fourth-order valence-electron chi connectivity index (χ4n) is 2.03. The predicted molar refractivity (Wildman–Crippen MR) is 87.1 cm³/mol. The highest BCUT2D eigenvalue weighted by molar-refractivity contribution is 7.89. The summed E-state index contributed by atoms with van der Waals surface area (Å²) in [5.74, 6) is 0. The van der Waals surface area contributed by atoms with Gasteiger partial charge in [0.05, 0.1) is 4.90 Å². The highest BCUT2D eigenvalue weighted by Gasteiger charge is 2.22. The molecule has 1 aromatic carbocycles. The van der Waals surface area contributed by atoms with Gasteiger partial charge >= 0.3 is 0 Å². The maximum absolute atomic E-state index is 12.5. The molecule has 1 aromatic heterocycles. The molecule has 0 saturated carbocycles. The normalized spacial score (nSPS) is 13.3. The lowest BCUT2D eigenvalue weighted by Gasteiger charge is -2.14. The van der Waals surface area contributed by atoms with Crippen molar-refractivity contribution in [2.75, 3.05) is 0 Å². The summed E-state index contributed by atoms with van der Waals surface area (Å²) in [4.78, 5) is 1.88. The van der Waals surface area contributed by atoms with Gasteiger partial charge in [-0.15, -0.1) is 11.3 Å². The molecule has 0 radical (unpaired) electrons. The molecule has 7 heteroatoms. The monoisotopic (exact) mass is 344 g/mol. The number of aryl methyl sites for hydroxylation is 1. The van der Waals surface area contributed by atoms with Crippen molar-refractivity contribution >= 4 is 33.0 Å². The third kappa shape index (κ3) is 3.84. The SMILES string of the molecule is Cc1sc(CN)cc1S(=O)(=O)NC(C)c1cccc(Cl)c1. The van der Waals surface area contributed by atoms with E-state index in [4.69, 9.17) is 17.3 Å². The summed E-state index contributed by atoms with van der Waals surface area (Å²) in [6.45, 7) is 3.90. The van der Waals surface area contributed by atoms with Crippen molar-refractivity contribution < 1.29 is 8.42 Å². The second kappa shape index (κ2) is 6.46. The molecule has 0 bridgehead atoms. The fourth-order valence-corrected chi connectivity index (χ4v) is 4.98. The van der Waals surface area contributed by atoms with Crippen molar-refractivity contribution in [2.45, 2.75) is 31.3 Å². The molecule has 0 saturated heterocycles. The first-order valence-corrected chi connectivity index (χ1v) is 9.08. The van der Waals surface area contributed by atoms with E-state index in [9.17, 15) is 8.42 Å². The second-order valence-corrected chi connectivity index (χ2v) is 8.19. The lowest BCUT2D eigenvalue weighted by molar-refractivity contribution is 0.567. The molecule has 3 N–H and O–H groups in total. The summed E-state index contributed by atoms with van der Waals surface area (Å²) in [6, 6.07) is 8.40. The molecule has 2 rings (SSSR count). The van der Waals surface area contributed by atoms with Gasteiger partial charge in [-0.2, -0.15) is 0 Å². The van der Waals surface area contributed by atoms with E-state index in [0.717, 1.165) is 15.3 Å². The molecule has 0 fully saturated rings. The summed E-state index contributed by atoms with van der Waals surface area (Å²) in [5, 5.41) is 0.579. The van der Waals surface area contributed by atoms with Gasteiger partial charge in [-0.25, -0.2) is 13.1 Å². The molecule has 114 valence electrons. The standard InChI is InChI=1S/C14H17ClN2O2S2/c1-9(11-4-3-5-12(15)6-11)17-21(18,19)14-7-13(8-16)20-10(14)2/h3-7,9,17H,8,16H2,1-2H3. The molecule has 0 aliphatic carbocycles. The van der Waals surface area contributed by atoms with Crippen LogP contribution in [0.15, 0.2) is 35.2 Å². The molecule has 1 heterocycles. The third-order valence-corrected chi connectivity index (χ3v) is 6.20. The number of benzene rings is 1. The van der Waals surface area contributed by atoms with Gasteiger partial charge in [-0.1, -0.05) is 23.7 Å². The van der Waals surface area contributed by atoms with Crippen molar-refractivity contribution in [1.29, 1.82) is 0 Å². The minimum atomic E-state index is -3.58. The lowest BCUT2D eigenvalue weighted by Crippen LogP contribution is -2.27. The Morgan fingerprint density at radius 2 is 2.10 bits per heavy atom. The molecule has 0 aliphatic heterocycles. The van der Waals surface area contributed by atoms with Crippen molar-refractivity contribution in [3.63, 3.8) is 0 Å². The Hall–Kier alpha value is -0.920.